The van der Waals surface area contributed by atoms with Gasteiger partial charge in [-0.2, -0.15) is 0 Å². The molecule has 0 fully saturated rings. The maximum atomic E-state index is 13.9. The summed E-state index contributed by atoms with van der Waals surface area (Å²) in [4.78, 5) is 11.6. The van der Waals surface area contributed by atoms with E-state index in [0.29, 0.717) is 9.13 Å². The number of esters is 1. The number of methoxy groups -OCH3 is 1. The Labute approximate surface area is 138 Å². The average molecular weight is 424 g/mol. The molecule has 0 aliphatic carbocycles. The number of benzene rings is 2. The zero-order chi connectivity index (χ0) is 15.7. The monoisotopic (exact) mass is 423 g/mol. The molecule has 110 valence electrons. The highest BCUT2D eigenvalue weighted by Gasteiger charge is 2.21. The number of rotatable bonds is 2. The van der Waals surface area contributed by atoms with Crippen LogP contribution in [-0.2, 0) is 4.74 Å². The van der Waals surface area contributed by atoms with E-state index in [9.17, 15) is 13.6 Å². The van der Waals surface area contributed by atoms with Crippen molar-refractivity contribution in [3.63, 3.8) is 0 Å². The Morgan fingerprint density at radius 1 is 1.33 bits per heavy atom. The van der Waals surface area contributed by atoms with E-state index in [1.54, 1.807) is 0 Å². The first-order chi connectivity index (χ1) is 9.86. The summed E-state index contributed by atoms with van der Waals surface area (Å²) in [5.74, 6) is -2.10. The quantitative estimate of drug-likeness (QED) is 0.446. The van der Waals surface area contributed by atoms with Crippen LogP contribution in [0.15, 0.2) is 24.3 Å². The number of carbonyl (C=O) groups is 1. The predicted molar refractivity (Wildman–Crippen MR) is 85.3 cm³/mol. The van der Waals surface area contributed by atoms with Crippen molar-refractivity contribution >= 4 is 45.8 Å². The topological polar surface area (TPSA) is 52.3 Å². The number of carbonyl (C=O) groups excluding carboxylic acids is 1. The van der Waals surface area contributed by atoms with Crippen molar-refractivity contribution in [2.45, 2.75) is 0 Å². The lowest BCUT2D eigenvalue weighted by atomic mass is 10.0. The fourth-order valence-electron chi connectivity index (χ4n) is 1.85. The lowest BCUT2D eigenvalue weighted by Gasteiger charge is -2.14. The predicted octanol–water partition coefficient (Wildman–Crippen LogP) is 4.26. The zero-order valence-corrected chi connectivity index (χ0v) is 13.6. The number of nitrogen functional groups attached to an aromatic ring is 1. The smallest absolute Gasteiger partial charge is 0.340 e. The zero-order valence-electron chi connectivity index (χ0n) is 10.7. The van der Waals surface area contributed by atoms with E-state index in [0.717, 1.165) is 12.1 Å². The third kappa shape index (κ3) is 2.96. The molecule has 0 unspecified atom stereocenters. The maximum absolute atomic E-state index is 13.9. The lowest BCUT2D eigenvalue weighted by molar-refractivity contribution is 0.0602. The molecule has 0 aromatic heterocycles. The van der Waals surface area contributed by atoms with Gasteiger partial charge in [0, 0.05) is 20.8 Å². The first-order valence-corrected chi connectivity index (χ1v) is 7.13. The summed E-state index contributed by atoms with van der Waals surface area (Å²) in [5, 5.41) is 0.125. The fraction of sp³-hybridized carbons (Fsp3) is 0.0714. The van der Waals surface area contributed by atoms with Crippen LogP contribution in [0.5, 0.6) is 0 Å². The van der Waals surface area contributed by atoms with Crippen molar-refractivity contribution in [2.24, 2.45) is 0 Å². The molecule has 7 heteroatoms. The van der Waals surface area contributed by atoms with Gasteiger partial charge in [0.05, 0.1) is 23.4 Å². The summed E-state index contributed by atoms with van der Waals surface area (Å²) in [6.45, 7) is 0. The molecule has 2 aromatic rings. The SMILES string of the molecule is COC(=O)c1cc(Cl)c(-c2ccc(F)cc2F)c(I)c1N. The molecular weight excluding hydrogens is 415 g/mol. The van der Waals surface area contributed by atoms with Crippen LogP contribution < -0.4 is 5.73 Å². The molecule has 0 saturated carbocycles. The van der Waals surface area contributed by atoms with Gasteiger partial charge in [0.1, 0.15) is 11.6 Å². The second-order valence-electron chi connectivity index (χ2n) is 4.12. The van der Waals surface area contributed by atoms with Gasteiger partial charge in [0.25, 0.3) is 0 Å². The van der Waals surface area contributed by atoms with Crippen LogP contribution in [0.25, 0.3) is 11.1 Å². The number of nitrogens with two attached hydrogens (primary N) is 1. The third-order valence-electron chi connectivity index (χ3n) is 2.86. The van der Waals surface area contributed by atoms with Crippen LogP contribution in [0.4, 0.5) is 14.5 Å². The van der Waals surface area contributed by atoms with E-state index in [1.807, 2.05) is 22.6 Å². The van der Waals surface area contributed by atoms with E-state index in [4.69, 9.17) is 17.3 Å². The molecule has 0 atom stereocenters. The van der Waals surface area contributed by atoms with E-state index in [-0.39, 0.29) is 21.8 Å². The van der Waals surface area contributed by atoms with Gasteiger partial charge in [0.2, 0.25) is 0 Å². The molecule has 0 saturated heterocycles. The van der Waals surface area contributed by atoms with Crippen LogP contribution in [-0.4, -0.2) is 13.1 Å². The summed E-state index contributed by atoms with van der Waals surface area (Å²) < 4.78 is 31.9. The first kappa shape index (κ1) is 16.0. The molecule has 2 aromatic carbocycles. The molecule has 0 aliphatic rings. The maximum Gasteiger partial charge on any atom is 0.340 e. The van der Waals surface area contributed by atoms with E-state index < -0.39 is 17.6 Å². The van der Waals surface area contributed by atoms with Crippen molar-refractivity contribution in [2.75, 3.05) is 12.8 Å². The minimum absolute atomic E-state index is 0.0955. The van der Waals surface area contributed by atoms with Crippen LogP contribution >= 0.6 is 34.2 Å². The van der Waals surface area contributed by atoms with Gasteiger partial charge in [-0.3, -0.25) is 0 Å². The molecule has 3 nitrogen and oxygen atoms in total. The van der Waals surface area contributed by atoms with Gasteiger partial charge in [-0.1, -0.05) is 11.6 Å². The summed E-state index contributed by atoms with van der Waals surface area (Å²) in [6.07, 6.45) is 0. The van der Waals surface area contributed by atoms with Gasteiger partial charge < -0.3 is 10.5 Å². The fourth-order valence-corrected chi connectivity index (χ4v) is 3.19. The van der Waals surface area contributed by atoms with Gasteiger partial charge >= 0.3 is 5.97 Å². The normalized spacial score (nSPS) is 10.5. The summed E-state index contributed by atoms with van der Waals surface area (Å²) >= 11 is 7.98. The van der Waals surface area contributed by atoms with Crippen LogP contribution in [0.1, 0.15) is 10.4 Å². The molecule has 0 heterocycles. The first-order valence-electron chi connectivity index (χ1n) is 5.68. The van der Waals surface area contributed by atoms with Crippen molar-refractivity contribution < 1.29 is 18.3 Å². The van der Waals surface area contributed by atoms with Crippen LogP contribution in [0.2, 0.25) is 5.02 Å². The minimum atomic E-state index is -0.764. The Kier molecular flexibility index (Phi) is 4.67. The molecular formula is C14H9ClF2INO2. The minimum Gasteiger partial charge on any atom is -0.465 e. The van der Waals surface area contributed by atoms with Gasteiger partial charge in [0.15, 0.2) is 0 Å². The Bertz CT molecular complexity index is 737. The van der Waals surface area contributed by atoms with Crippen LogP contribution in [0, 0.1) is 15.2 Å². The Morgan fingerprint density at radius 3 is 2.57 bits per heavy atom. The van der Waals surface area contributed by atoms with Crippen molar-refractivity contribution in [3.8, 4) is 11.1 Å². The highest BCUT2D eigenvalue weighted by atomic mass is 127. The summed E-state index contributed by atoms with van der Waals surface area (Å²) in [6, 6.07) is 4.45. The Hall–Kier alpha value is -1.41. The number of anilines is 1. The van der Waals surface area contributed by atoms with E-state index >= 15 is 0 Å². The number of hydrogen-bond acceptors (Lipinski definition) is 3. The molecule has 0 radical (unpaired) electrons. The number of hydrogen-bond donors (Lipinski definition) is 1. The Balaban J connectivity index is 2.71. The number of ether oxygens (including phenoxy) is 1. The second-order valence-corrected chi connectivity index (χ2v) is 5.61. The molecule has 0 aliphatic heterocycles. The van der Waals surface area contributed by atoms with Crippen molar-refractivity contribution in [3.05, 3.63) is 50.1 Å². The lowest BCUT2D eigenvalue weighted by Crippen LogP contribution is -2.08. The third-order valence-corrected chi connectivity index (χ3v) is 4.28. The van der Waals surface area contributed by atoms with Crippen molar-refractivity contribution in [1.82, 2.24) is 0 Å². The highest BCUT2D eigenvalue weighted by molar-refractivity contribution is 14.1. The van der Waals surface area contributed by atoms with Gasteiger partial charge in [-0.25, -0.2) is 13.6 Å². The van der Waals surface area contributed by atoms with E-state index in [2.05, 4.69) is 4.74 Å². The van der Waals surface area contributed by atoms with Crippen LogP contribution in [0.3, 0.4) is 0 Å². The van der Waals surface area contributed by atoms with Crippen molar-refractivity contribution in [1.29, 1.82) is 0 Å². The molecule has 2 N–H and O–H groups in total. The second kappa shape index (κ2) is 6.15. The largest absolute Gasteiger partial charge is 0.465 e. The molecule has 0 spiro atoms. The molecule has 0 amide bonds. The molecule has 2 rings (SSSR count). The number of halogens is 4. The standard InChI is InChI=1S/C14H9ClF2INO2/c1-21-14(20)8-5-9(15)11(12(18)13(8)19)7-3-2-6(16)4-10(7)17/h2-5H,19H2,1H3. The highest BCUT2D eigenvalue weighted by Crippen LogP contribution is 2.39. The molecule has 0 bridgehead atoms. The summed E-state index contributed by atoms with van der Waals surface area (Å²) in [7, 11) is 1.22. The molecule has 21 heavy (non-hydrogen) atoms. The summed E-state index contributed by atoms with van der Waals surface area (Å²) in [5.41, 5.74) is 6.52. The average Bonchev–Trinajstić information content (AvgIpc) is 2.44. The van der Waals surface area contributed by atoms with Gasteiger partial charge in [-0.05, 0) is 40.8 Å². The van der Waals surface area contributed by atoms with Gasteiger partial charge in [-0.15, -0.1) is 0 Å². The Morgan fingerprint density at radius 2 is 2.00 bits per heavy atom. The van der Waals surface area contributed by atoms with E-state index in [1.165, 1.54) is 19.2 Å².